The molecule has 0 radical (unpaired) electrons. The van der Waals surface area contributed by atoms with Crippen LogP contribution in [0, 0.1) is 0 Å². The summed E-state index contributed by atoms with van der Waals surface area (Å²) in [5.41, 5.74) is 1.08. The van der Waals surface area contributed by atoms with Gasteiger partial charge in [0.25, 0.3) is 0 Å². The monoisotopic (exact) mass is 361 g/mol. The van der Waals surface area contributed by atoms with Gasteiger partial charge in [0, 0.05) is 45.1 Å². The van der Waals surface area contributed by atoms with Crippen molar-refractivity contribution in [2.75, 3.05) is 13.2 Å². The number of ether oxygens (including phenoxy) is 2. The minimum atomic E-state index is 0.313. The molecule has 2 fully saturated rings. The van der Waals surface area contributed by atoms with E-state index in [2.05, 4.69) is 44.3 Å². The van der Waals surface area contributed by atoms with Gasteiger partial charge in [-0.25, -0.2) is 0 Å². The summed E-state index contributed by atoms with van der Waals surface area (Å²) in [7, 11) is 0. The van der Waals surface area contributed by atoms with Crippen molar-refractivity contribution in [3.05, 3.63) is 30.5 Å². The van der Waals surface area contributed by atoms with E-state index < -0.39 is 0 Å². The molecular weight excluding hydrogens is 338 g/mol. The smallest absolute Gasteiger partial charge is 0.0714 e. The van der Waals surface area contributed by atoms with Crippen molar-refractivity contribution in [2.45, 2.75) is 59.2 Å². The van der Waals surface area contributed by atoms with E-state index in [1.165, 1.54) is 15.2 Å². The molecule has 0 amide bonds. The first-order chi connectivity index (χ1) is 11.7. The average molecular weight is 362 g/mol. The second kappa shape index (κ2) is 7.24. The van der Waals surface area contributed by atoms with Gasteiger partial charge in [0.2, 0.25) is 0 Å². The van der Waals surface area contributed by atoms with Crippen LogP contribution >= 0.6 is 23.5 Å². The van der Waals surface area contributed by atoms with Crippen LogP contribution in [-0.2, 0) is 9.47 Å². The molecule has 2 aliphatic heterocycles. The highest BCUT2D eigenvalue weighted by molar-refractivity contribution is 8.03. The fourth-order valence-electron chi connectivity index (χ4n) is 3.35. The van der Waals surface area contributed by atoms with Crippen molar-refractivity contribution < 1.29 is 9.47 Å². The predicted molar refractivity (Wildman–Crippen MR) is 101 cm³/mol. The van der Waals surface area contributed by atoms with Gasteiger partial charge in [0.05, 0.1) is 17.7 Å². The molecule has 0 spiro atoms. The number of para-hydroxylation sites is 1. The number of aromatic nitrogens is 1. The number of thioether (sulfide) groups is 2. The van der Waals surface area contributed by atoms with Crippen LogP contribution in [0.15, 0.2) is 40.3 Å². The molecule has 3 heterocycles. The lowest BCUT2D eigenvalue weighted by Gasteiger charge is -2.20. The minimum Gasteiger partial charge on any atom is -0.377 e. The lowest BCUT2D eigenvalue weighted by atomic mass is 10.2. The molecule has 4 rings (SSSR count). The number of rotatable bonds is 4. The second-order valence-corrected chi connectivity index (χ2v) is 9.04. The Bertz CT molecular complexity index is 724. The largest absolute Gasteiger partial charge is 0.377 e. The highest BCUT2D eigenvalue weighted by Crippen LogP contribution is 2.44. The van der Waals surface area contributed by atoms with Gasteiger partial charge >= 0.3 is 0 Å². The Morgan fingerprint density at radius 3 is 2.29 bits per heavy atom. The van der Waals surface area contributed by atoms with E-state index in [9.17, 15) is 0 Å². The highest BCUT2D eigenvalue weighted by atomic mass is 32.2. The summed E-state index contributed by atoms with van der Waals surface area (Å²) in [5, 5.41) is 2.30. The maximum Gasteiger partial charge on any atom is 0.0714 e. The lowest BCUT2D eigenvalue weighted by Crippen LogP contribution is -2.15. The standard InChI is InChI=1S/C19H23NO2S2/c1-12-16(7-9-21-12)23-18-11-20-15-6-4-3-5-14(15)19(18)24-17-8-10-22-13(17)2/h3-6,11-13,16-17H,7-10H2,1-2H3. The Balaban J connectivity index is 1.70. The van der Waals surface area contributed by atoms with E-state index in [1.54, 1.807) is 0 Å². The lowest BCUT2D eigenvalue weighted by molar-refractivity contribution is 0.127. The van der Waals surface area contributed by atoms with Crippen LogP contribution in [0.25, 0.3) is 10.9 Å². The molecule has 1 aromatic carbocycles. The summed E-state index contributed by atoms with van der Waals surface area (Å²) in [5.74, 6) is 0. The normalized spacial score (nSPS) is 30.2. The molecule has 3 nitrogen and oxygen atoms in total. The summed E-state index contributed by atoms with van der Waals surface area (Å²) in [4.78, 5) is 7.36. The molecule has 0 saturated carbocycles. The number of pyridine rings is 1. The van der Waals surface area contributed by atoms with Gasteiger partial charge < -0.3 is 9.47 Å². The molecule has 0 aliphatic carbocycles. The van der Waals surface area contributed by atoms with E-state index in [-0.39, 0.29) is 0 Å². The molecule has 1 aromatic heterocycles. The SMILES string of the molecule is CC1OCCC1Sc1cnc2ccccc2c1SC1CCOC1C. The third-order valence-corrected chi connectivity index (χ3v) is 8.07. The van der Waals surface area contributed by atoms with Crippen LogP contribution in [0.1, 0.15) is 26.7 Å². The fourth-order valence-corrected chi connectivity index (χ4v) is 6.04. The molecule has 2 aromatic rings. The third-order valence-electron chi connectivity index (χ3n) is 4.85. The Hall–Kier alpha value is -0.750. The van der Waals surface area contributed by atoms with Crippen LogP contribution in [-0.4, -0.2) is 40.9 Å². The quantitative estimate of drug-likeness (QED) is 0.783. The third kappa shape index (κ3) is 3.32. The van der Waals surface area contributed by atoms with Crippen molar-refractivity contribution in [1.82, 2.24) is 4.98 Å². The Labute approximate surface area is 151 Å². The second-order valence-electron chi connectivity index (χ2n) is 6.51. The van der Waals surface area contributed by atoms with Crippen LogP contribution in [0.3, 0.4) is 0 Å². The number of hydrogen-bond acceptors (Lipinski definition) is 5. The maximum atomic E-state index is 5.78. The Morgan fingerprint density at radius 1 is 0.958 bits per heavy atom. The van der Waals surface area contributed by atoms with Gasteiger partial charge in [-0.3, -0.25) is 4.98 Å². The number of nitrogens with zero attached hydrogens (tertiary/aromatic N) is 1. The minimum absolute atomic E-state index is 0.313. The predicted octanol–water partition coefficient (Wildman–Crippen LogP) is 4.77. The van der Waals surface area contributed by atoms with E-state index in [1.807, 2.05) is 23.5 Å². The van der Waals surface area contributed by atoms with Crippen molar-refractivity contribution in [3.63, 3.8) is 0 Å². The number of fused-ring (bicyclic) bond motifs is 1. The van der Waals surface area contributed by atoms with E-state index in [0.29, 0.717) is 22.7 Å². The molecule has 24 heavy (non-hydrogen) atoms. The first kappa shape index (κ1) is 16.7. The summed E-state index contributed by atoms with van der Waals surface area (Å²) >= 11 is 3.91. The highest BCUT2D eigenvalue weighted by Gasteiger charge is 2.29. The van der Waals surface area contributed by atoms with Gasteiger partial charge in [-0.1, -0.05) is 18.2 Å². The van der Waals surface area contributed by atoms with Crippen molar-refractivity contribution >= 4 is 34.4 Å². The van der Waals surface area contributed by atoms with Crippen LogP contribution in [0.5, 0.6) is 0 Å². The van der Waals surface area contributed by atoms with E-state index in [4.69, 9.17) is 14.5 Å². The van der Waals surface area contributed by atoms with E-state index in [0.717, 1.165) is 31.6 Å². The zero-order valence-corrected chi connectivity index (χ0v) is 15.7. The Kier molecular flexibility index (Phi) is 5.04. The molecule has 0 bridgehead atoms. The van der Waals surface area contributed by atoms with Gasteiger partial charge in [-0.2, -0.15) is 0 Å². The number of hydrogen-bond donors (Lipinski definition) is 0. The molecule has 2 aliphatic rings. The molecule has 2 saturated heterocycles. The molecule has 0 N–H and O–H groups in total. The summed E-state index contributed by atoms with van der Waals surface area (Å²) < 4.78 is 11.5. The van der Waals surface area contributed by atoms with Gasteiger partial charge in [0.1, 0.15) is 0 Å². The topological polar surface area (TPSA) is 31.4 Å². The van der Waals surface area contributed by atoms with Gasteiger partial charge in [0.15, 0.2) is 0 Å². The van der Waals surface area contributed by atoms with Gasteiger partial charge in [-0.15, -0.1) is 23.5 Å². The zero-order chi connectivity index (χ0) is 16.5. The first-order valence-corrected chi connectivity index (χ1v) is 10.4. The average Bonchev–Trinajstić information content (AvgIpc) is 3.18. The molecule has 4 atom stereocenters. The maximum absolute atomic E-state index is 5.78. The molecule has 5 heteroatoms. The molecule has 4 unspecified atom stereocenters. The molecular formula is C19H23NO2S2. The molecule has 128 valence electrons. The zero-order valence-electron chi connectivity index (χ0n) is 14.1. The van der Waals surface area contributed by atoms with E-state index >= 15 is 0 Å². The van der Waals surface area contributed by atoms with Crippen LogP contribution in [0.4, 0.5) is 0 Å². The summed E-state index contributed by atoms with van der Waals surface area (Å²) in [6.45, 7) is 6.11. The Morgan fingerprint density at radius 2 is 1.62 bits per heavy atom. The van der Waals surface area contributed by atoms with Crippen LogP contribution < -0.4 is 0 Å². The van der Waals surface area contributed by atoms with Gasteiger partial charge in [-0.05, 0) is 32.8 Å². The fraction of sp³-hybridized carbons (Fsp3) is 0.526. The van der Waals surface area contributed by atoms with Crippen molar-refractivity contribution in [3.8, 4) is 0 Å². The van der Waals surface area contributed by atoms with Crippen LogP contribution in [0.2, 0.25) is 0 Å². The summed E-state index contributed by atoms with van der Waals surface area (Å²) in [6, 6.07) is 8.47. The number of benzene rings is 1. The first-order valence-electron chi connectivity index (χ1n) is 8.66. The summed E-state index contributed by atoms with van der Waals surface area (Å²) in [6.07, 6.45) is 4.92. The van der Waals surface area contributed by atoms with Crippen molar-refractivity contribution in [2.24, 2.45) is 0 Å². The van der Waals surface area contributed by atoms with Crippen molar-refractivity contribution in [1.29, 1.82) is 0 Å².